The van der Waals surface area contributed by atoms with Gasteiger partial charge in [0.2, 0.25) is 0 Å². The van der Waals surface area contributed by atoms with E-state index in [2.05, 4.69) is 10.5 Å². The third-order valence-electron chi connectivity index (χ3n) is 2.98. The average molecular weight is 312 g/mol. The first kappa shape index (κ1) is 16.5. The van der Waals surface area contributed by atoms with Crippen LogP contribution >= 0.6 is 0 Å². The number of amides is 1. The fourth-order valence-electron chi connectivity index (χ4n) is 1.95. The van der Waals surface area contributed by atoms with Crippen LogP contribution in [0.1, 0.15) is 29.8 Å². The number of rotatable bonds is 7. The van der Waals surface area contributed by atoms with E-state index in [4.69, 9.17) is 9.47 Å². The van der Waals surface area contributed by atoms with Crippen LogP contribution in [0.25, 0.3) is 0 Å². The molecule has 2 rings (SSSR count). The number of nitrogens with one attached hydrogen (secondary N) is 1. The van der Waals surface area contributed by atoms with Gasteiger partial charge in [0.15, 0.2) is 0 Å². The number of carbonyl (C=O) groups is 1. The summed E-state index contributed by atoms with van der Waals surface area (Å²) in [7, 11) is 0. The van der Waals surface area contributed by atoms with Crippen LogP contribution in [0, 0.1) is 0 Å². The molecule has 0 fully saturated rings. The molecular formula is C18H20N2O3. The number of hydrazone groups is 1. The monoisotopic (exact) mass is 312 g/mol. The summed E-state index contributed by atoms with van der Waals surface area (Å²) >= 11 is 0. The third-order valence-corrected chi connectivity index (χ3v) is 2.98. The molecule has 0 saturated carbocycles. The fraction of sp³-hybridized carbons (Fsp3) is 0.222. The highest BCUT2D eigenvalue weighted by Crippen LogP contribution is 2.13. The predicted octanol–water partition coefficient (Wildman–Crippen LogP) is 3.25. The summed E-state index contributed by atoms with van der Waals surface area (Å²) in [5.41, 5.74) is 3.87. The zero-order valence-electron chi connectivity index (χ0n) is 13.3. The molecule has 0 aliphatic heterocycles. The molecule has 0 spiro atoms. The van der Waals surface area contributed by atoms with Crippen LogP contribution in [0.15, 0.2) is 53.6 Å². The lowest BCUT2D eigenvalue weighted by molar-refractivity contribution is 0.0955. The number of benzene rings is 2. The second kappa shape index (κ2) is 8.58. The number of hydrogen-bond acceptors (Lipinski definition) is 4. The molecule has 0 bridgehead atoms. The van der Waals surface area contributed by atoms with Crippen LogP contribution in [-0.4, -0.2) is 25.3 Å². The van der Waals surface area contributed by atoms with E-state index in [-0.39, 0.29) is 5.91 Å². The molecule has 2 aromatic rings. The lowest BCUT2D eigenvalue weighted by Gasteiger charge is -2.04. The first-order chi connectivity index (χ1) is 11.2. The molecule has 0 radical (unpaired) electrons. The summed E-state index contributed by atoms with van der Waals surface area (Å²) in [6.45, 7) is 5.04. The zero-order chi connectivity index (χ0) is 16.5. The van der Waals surface area contributed by atoms with Crippen LogP contribution in [0.4, 0.5) is 0 Å². The molecule has 0 heterocycles. The highest BCUT2D eigenvalue weighted by Gasteiger charge is 2.04. The Hall–Kier alpha value is -2.82. The van der Waals surface area contributed by atoms with Crippen LogP contribution in [-0.2, 0) is 0 Å². The van der Waals surface area contributed by atoms with E-state index >= 15 is 0 Å². The van der Waals surface area contributed by atoms with Crippen molar-refractivity contribution in [3.8, 4) is 11.5 Å². The van der Waals surface area contributed by atoms with E-state index in [1.807, 2.05) is 38.1 Å². The zero-order valence-corrected chi connectivity index (χ0v) is 13.3. The lowest BCUT2D eigenvalue weighted by Crippen LogP contribution is -2.17. The highest BCUT2D eigenvalue weighted by molar-refractivity contribution is 5.95. The van der Waals surface area contributed by atoms with E-state index in [0.717, 1.165) is 17.1 Å². The molecule has 0 unspecified atom stereocenters. The molecule has 120 valence electrons. The molecule has 0 aliphatic rings. The van der Waals surface area contributed by atoms with E-state index in [1.54, 1.807) is 30.5 Å². The van der Waals surface area contributed by atoms with Crippen molar-refractivity contribution < 1.29 is 14.3 Å². The van der Waals surface area contributed by atoms with Gasteiger partial charge >= 0.3 is 0 Å². The van der Waals surface area contributed by atoms with Gasteiger partial charge in [0.1, 0.15) is 11.5 Å². The molecule has 1 N–H and O–H groups in total. The van der Waals surface area contributed by atoms with E-state index < -0.39 is 0 Å². The first-order valence-corrected chi connectivity index (χ1v) is 7.52. The Morgan fingerprint density at radius 2 is 1.74 bits per heavy atom. The van der Waals surface area contributed by atoms with Gasteiger partial charge in [-0.1, -0.05) is 12.1 Å². The second-order valence-electron chi connectivity index (χ2n) is 4.66. The number of carbonyl (C=O) groups excluding carboxylic acids is 1. The van der Waals surface area contributed by atoms with Crippen LogP contribution in [0.2, 0.25) is 0 Å². The van der Waals surface area contributed by atoms with Crippen LogP contribution < -0.4 is 14.9 Å². The number of hydrogen-bond donors (Lipinski definition) is 1. The summed E-state index contributed by atoms with van der Waals surface area (Å²) in [4.78, 5) is 12.0. The van der Waals surface area contributed by atoms with E-state index in [1.165, 1.54) is 0 Å². The minimum absolute atomic E-state index is 0.273. The highest BCUT2D eigenvalue weighted by atomic mass is 16.5. The molecular weight excluding hydrogens is 292 g/mol. The van der Waals surface area contributed by atoms with Gasteiger partial charge in [0, 0.05) is 5.56 Å². The smallest absolute Gasteiger partial charge is 0.271 e. The summed E-state index contributed by atoms with van der Waals surface area (Å²) < 4.78 is 10.8. The Morgan fingerprint density at radius 3 is 2.43 bits per heavy atom. The Labute approximate surface area is 135 Å². The van der Waals surface area contributed by atoms with Gasteiger partial charge in [-0.3, -0.25) is 4.79 Å². The third kappa shape index (κ3) is 5.14. The average Bonchev–Trinajstić information content (AvgIpc) is 2.56. The van der Waals surface area contributed by atoms with E-state index in [0.29, 0.717) is 18.8 Å². The molecule has 5 heteroatoms. The quantitative estimate of drug-likeness (QED) is 0.630. The molecule has 1 amide bonds. The Kier molecular flexibility index (Phi) is 6.17. The van der Waals surface area contributed by atoms with Crippen molar-refractivity contribution in [3.05, 3.63) is 59.7 Å². The maximum absolute atomic E-state index is 12.0. The SMILES string of the molecule is CCOc1ccc(C(=O)N/N=C/c2cccc(OCC)c2)cc1. The molecule has 2 aromatic carbocycles. The summed E-state index contributed by atoms with van der Waals surface area (Å²) in [5.74, 6) is 1.24. The topological polar surface area (TPSA) is 59.9 Å². The normalized spacial score (nSPS) is 10.5. The van der Waals surface area contributed by atoms with Crippen molar-refractivity contribution >= 4 is 12.1 Å². The Morgan fingerprint density at radius 1 is 1.04 bits per heavy atom. The minimum Gasteiger partial charge on any atom is -0.494 e. The van der Waals surface area contributed by atoms with Crippen LogP contribution in [0.3, 0.4) is 0 Å². The maximum Gasteiger partial charge on any atom is 0.271 e. The fourth-order valence-corrected chi connectivity index (χ4v) is 1.95. The molecule has 23 heavy (non-hydrogen) atoms. The number of ether oxygens (including phenoxy) is 2. The van der Waals surface area contributed by atoms with Crippen molar-refractivity contribution in [2.24, 2.45) is 5.10 Å². The second-order valence-corrected chi connectivity index (χ2v) is 4.66. The van der Waals surface area contributed by atoms with Crippen molar-refractivity contribution in [1.29, 1.82) is 0 Å². The molecule has 0 aliphatic carbocycles. The first-order valence-electron chi connectivity index (χ1n) is 7.52. The molecule has 0 aromatic heterocycles. The summed E-state index contributed by atoms with van der Waals surface area (Å²) in [6.07, 6.45) is 1.58. The van der Waals surface area contributed by atoms with Gasteiger partial charge < -0.3 is 9.47 Å². The van der Waals surface area contributed by atoms with Crippen molar-refractivity contribution in [2.75, 3.05) is 13.2 Å². The lowest BCUT2D eigenvalue weighted by atomic mass is 10.2. The van der Waals surface area contributed by atoms with Gasteiger partial charge in [-0.05, 0) is 55.8 Å². The Balaban J connectivity index is 1.94. The van der Waals surface area contributed by atoms with Gasteiger partial charge in [-0.25, -0.2) is 5.43 Å². The van der Waals surface area contributed by atoms with Crippen molar-refractivity contribution in [2.45, 2.75) is 13.8 Å². The van der Waals surface area contributed by atoms with Crippen molar-refractivity contribution in [3.63, 3.8) is 0 Å². The standard InChI is InChI=1S/C18H20N2O3/c1-3-22-16-10-8-15(9-11-16)18(21)20-19-13-14-6-5-7-17(12-14)23-4-2/h5-13H,3-4H2,1-2H3,(H,20,21)/b19-13+. The number of nitrogens with zero attached hydrogens (tertiary/aromatic N) is 1. The predicted molar refractivity (Wildman–Crippen MR) is 90.3 cm³/mol. The van der Waals surface area contributed by atoms with Gasteiger partial charge in [0.05, 0.1) is 19.4 Å². The van der Waals surface area contributed by atoms with Crippen molar-refractivity contribution in [1.82, 2.24) is 5.43 Å². The van der Waals surface area contributed by atoms with Gasteiger partial charge in [-0.2, -0.15) is 5.10 Å². The summed E-state index contributed by atoms with van der Waals surface area (Å²) in [5, 5.41) is 3.97. The maximum atomic E-state index is 12.0. The summed E-state index contributed by atoms with van der Waals surface area (Å²) in [6, 6.07) is 14.4. The van der Waals surface area contributed by atoms with Gasteiger partial charge in [-0.15, -0.1) is 0 Å². The Bertz CT molecular complexity index is 666. The largest absolute Gasteiger partial charge is 0.494 e. The molecule has 0 saturated heterocycles. The van der Waals surface area contributed by atoms with Crippen LogP contribution in [0.5, 0.6) is 11.5 Å². The van der Waals surface area contributed by atoms with E-state index in [9.17, 15) is 4.79 Å². The minimum atomic E-state index is -0.273. The molecule has 0 atom stereocenters. The van der Waals surface area contributed by atoms with Gasteiger partial charge in [0.25, 0.3) is 5.91 Å². The molecule has 5 nitrogen and oxygen atoms in total.